The highest BCUT2D eigenvalue weighted by atomic mass is 16.7. The van der Waals surface area contributed by atoms with Gasteiger partial charge in [-0.3, -0.25) is 9.59 Å². The summed E-state index contributed by atoms with van der Waals surface area (Å²) in [6, 6.07) is 18.7. The number of nitrogens with zero attached hydrogens (tertiary/aromatic N) is 1. The normalized spacial score (nSPS) is 15.0. The molecule has 0 fully saturated rings. The highest BCUT2D eigenvalue weighted by Gasteiger charge is 2.40. The number of ether oxygens (including phenoxy) is 2. The van der Waals surface area contributed by atoms with Gasteiger partial charge in [0, 0.05) is 11.8 Å². The quantitative estimate of drug-likeness (QED) is 0.512. The van der Waals surface area contributed by atoms with Crippen molar-refractivity contribution in [3.05, 3.63) is 88.6 Å². The molecular weight excluding hydrogens is 428 g/mol. The van der Waals surface area contributed by atoms with Gasteiger partial charge in [0.2, 0.25) is 6.79 Å². The Hall–Kier alpha value is -4.06. The SMILES string of the molecule is Cc1ccc(C2=C(Nc3ccc4c(c3)OCO4)C(=O)N(c3ccc(C(C)C)cc3)C2=O)cc1C. The first-order chi connectivity index (χ1) is 16.3. The van der Waals surface area contributed by atoms with Gasteiger partial charge in [0.25, 0.3) is 11.8 Å². The van der Waals surface area contributed by atoms with E-state index in [2.05, 4.69) is 19.2 Å². The minimum absolute atomic E-state index is 0.160. The highest BCUT2D eigenvalue weighted by molar-refractivity contribution is 6.46. The van der Waals surface area contributed by atoms with E-state index in [0.717, 1.165) is 16.7 Å². The molecule has 0 aromatic heterocycles. The number of rotatable bonds is 5. The monoisotopic (exact) mass is 454 g/mol. The molecule has 0 saturated carbocycles. The van der Waals surface area contributed by atoms with Crippen LogP contribution in [0.15, 0.2) is 66.4 Å². The zero-order valence-electron chi connectivity index (χ0n) is 19.6. The third kappa shape index (κ3) is 3.71. The average Bonchev–Trinajstić information content (AvgIpc) is 3.38. The van der Waals surface area contributed by atoms with E-state index >= 15 is 0 Å². The maximum absolute atomic E-state index is 13.7. The van der Waals surface area contributed by atoms with Crippen LogP contribution in [0.1, 0.15) is 42.0 Å². The Balaban J connectivity index is 1.58. The summed E-state index contributed by atoms with van der Waals surface area (Å²) in [5, 5.41) is 3.19. The van der Waals surface area contributed by atoms with Crippen LogP contribution in [-0.2, 0) is 9.59 Å². The van der Waals surface area contributed by atoms with Crippen LogP contribution >= 0.6 is 0 Å². The van der Waals surface area contributed by atoms with Gasteiger partial charge in [0.15, 0.2) is 11.5 Å². The second-order valence-corrected chi connectivity index (χ2v) is 8.93. The standard InChI is InChI=1S/C28H26N2O4/c1-16(2)19-7-10-22(11-8-19)30-27(31)25(20-6-5-17(3)18(4)13-20)26(28(30)32)29-21-9-12-23-24(14-21)34-15-33-23/h5-14,16,29H,15H2,1-4H3. The van der Waals surface area contributed by atoms with E-state index in [1.807, 2.05) is 56.3 Å². The summed E-state index contributed by atoms with van der Waals surface area (Å²) in [6.07, 6.45) is 0. The van der Waals surface area contributed by atoms with Gasteiger partial charge in [-0.15, -0.1) is 0 Å². The maximum Gasteiger partial charge on any atom is 0.282 e. The molecule has 34 heavy (non-hydrogen) atoms. The van der Waals surface area contributed by atoms with Crippen molar-refractivity contribution in [3.63, 3.8) is 0 Å². The topological polar surface area (TPSA) is 67.9 Å². The Morgan fingerprint density at radius 2 is 1.56 bits per heavy atom. The fourth-order valence-electron chi connectivity index (χ4n) is 4.17. The summed E-state index contributed by atoms with van der Waals surface area (Å²) < 4.78 is 10.9. The second-order valence-electron chi connectivity index (χ2n) is 8.93. The lowest BCUT2D eigenvalue weighted by atomic mass is 9.99. The first-order valence-corrected chi connectivity index (χ1v) is 11.3. The van der Waals surface area contributed by atoms with E-state index in [-0.39, 0.29) is 18.4 Å². The summed E-state index contributed by atoms with van der Waals surface area (Å²) in [7, 11) is 0. The first kappa shape index (κ1) is 21.8. The van der Waals surface area contributed by atoms with Crippen molar-refractivity contribution in [1.29, 1.82) is 0 Å². The molecule has 3 aromatic carbocycles. The smallest absolute Gasteiger partial charge is 0.282 e. The number of hydrogen-bond acceptors (Lipinski definition) is 5. The minimum atomic E-state index is -0.395. The number of imide groups is 1. The molecule has 172 valence electrons. The maximum atomic E-state index is 13.7. The van der Waals surface area contributed by atoms with Gasteiger partial charge >= 0.3 is 0 Å². The summed E-state index contributed by atoms with van der Waals surface area (Å²) >= 11 is 0. The Morgan fingerprint density at radius 3 is 2.26 bits per heavy atom. The summed E-state index contributed by atoms with van der Waals surface area (Å²) in [5.41, 5.74) is 5.77. The predicted molar refractivity (Wildman–Crippen MR) is 132 cm³/mol. The van der Waals surface area contributed by atoms with Crippen LogP contribution in [-0.4, -0.2) is 18.6 Å². The zero-order valence-corrected chi connectivity index (χ0v) is 19.6. The Kier molecular flexibility index (Phi) is 5.36. The predicted octanol–water partition coefficient (Wildman–Crippen LogP) is 5.55. The highest BCUT2D eigenvalue weighted by Crippen LogP contribution is 2.38. The van der Waals surface area contributed by atoms with Crippen LogP contribution < -0.4 is 19.7 Å². The zero-order chi connectivity index (χ0) is 24.0. The van der Waals surface area contributed by atoms with Gasteiger partial charge in [0.1, 0.15) is 5.70 Å². The number of fused-ring (bicyclic) bond motifs is 1. The number of aryl methyl sites for hydroxylation is 2. The minimum Gasteiger partial charge on any atom is -0.454 e. The lowest BCUT2D eigenvalue weighted by molar-refractivity contribution is -0.120. The van der Waals surface area contributed by atoms with Crippen molar-refractivity contribution >= 4 is 28.8 Å². The molecule has 0 atom stereocenters. The lowest BCUT2D eigenvalue weighted by Crippen LogP contribution is -2.32. The molecule has 3 aromatic rings. The molecule has 6 nitrogen and oxygen atoms in total. The van der Waals surface area contributed by atoms with Crippen LogP contribution in [0, 0.1) is 13.8 Å². The first-order valence-electron chi connectivity index (χ1n) is 11.3. The molecule has 6 heteroatoms. The summed E-state index contributed by atoms with van der Waals surface area (Å²) in [6.45, 7) is 8.38. The Morgan fingerprint density at radius 1 is 0.824 bits per heavy atom. The molecule has 0 spiro atoms. The van der Waals surface area contributed by atoms with E-state index in [0.29, 0.717) is 39.9 Å². The number of hydrogen-bond donors (Lipinski definition) is 1. The van der Waals surface area contributed by atoms with Gasteiger partial charge in [-0.05, 0) is 66.3 Å². The van der Waals surface area contributed by atoms with E-state index in [1.54, 1.807) is 18.2 Å². The summed E-state index contributed by atoms with van der Waals surface area (Å²) in [4.78, 5) is 28.6. The molecule has 2 aliphatic heterocycles. The number of anilines is 2. The molecule has 2 aliphatic rings. The molecule has 0 unspecified atom stereocenters. The Labute approximate surface area is 198 Å². The number of amides is 2. The van der Waals surface area contributed by atoms with Crippen molar-refractivity contribution in [1.82, 2.24) is 0 Å². The molecule has 5 rings (SSSR count). The van der Waals surface area contributed by atoms with E-state index < -0.39 is 5.91 Å². The molecule has 2 heterocycles. The summed E-state index contributed by atoms with van der Waals surface area (Å²) in [5.74, 6) is 0.847. The third-order valence-electron chi connectivity index (χ3n) is 6.34. The van der Waals surface area contributed by atoms with E-state index in [9.17, 15) is 9.59 Å². The molecule has 0 aliphatic carbocycles. The van der Waals surface area contributed by atoms with Crippen LogP contribution in [0.2, 0.25) is 0 Å². The van der Waals surface area contributed by atoms with Gasteiger partial charge in [-0.1, -0.05) is 44.2 Å². The van der Waals surface area contributed by atoms with Crippen molar-refractivity contribution in [2.45, 2.75) is 33.6 Å². The third-order valence-corrected chi connectivity index (χ3v) is 6.34. The van der Waals surface area contributed by atoms with Crippen LogP contribution in [0.3, 0.4) is 0 Å². The number of nitrogens with one attached hydrogen (secondary N) is 1. The van der Waals surface area contributed by atoms with Gasteiger partial charge in [0.05, 0.1) is 11.3 Å². The van der Waals surface area contributed by atoms with Crippen LogP contribution in [0.5, 0.6) is 11.5 Å². The Bertz CT molecular complexity index is 1340. The average molecular weight is 455 g/mol. The second kappa shape index (κ2) is 8.37. The lowest BCUT2D eigenvalue weighted by Gasteiger charge is -2.16. The van der Waals surface area contributed by atoms with Crippen molar-refractivity contribution in [2.75, 3.05) is 17.0 Å². The van der Waals surface area contributed by atoms with Crippen molar-refractivity contribution in [2.24, 2.45) is 0 Å². The molecule has 2 amide bonds. The number of benzene rings is 3. The van der Waals surface area contributed by atoms with Crippen LogP contribution in [0.4, 0.5) is 11.4 Å². The number of carbonyl (C=O) groups excluding carboxylic acids is 2. The van der Waals surface area contributed by atoms with Crippen molar-refractivity contribution < 1.29 is 19.1 Å². The molecular formula is C28H26N2O4. The molecule has 0 radical (unpaired) electrons. The van der Waals surface area contributed by atoms with Gasteiger partial charge in [-0.25, -0.2) is 4.90 Å². The van der Waals surface area contributed by atoms with Gasteiger partial charge < -0.3 is 14.8 Å². The van der Waals surface area contributed by atoms with E-state index in [1.165, 1.54) is 4.90 Å². The molecule has 0 bridgehead atoms. The van der Waals surface area contributed by atoms with Gasteiger partial charge in [-0.2, -0.15) is 0 Å². The largest absolute Gasteiger partial charge is 0.454 e. The fourth-order valence-corrected chi connectivity index (χ4v) is 4.17. The van der Waals surface area contributed by atoms with E-state index in [4.69, 9.17) is 9.47 Å². The van der Waals surface area contributed by atoms with Crippen LogP contribution in [0.25, 0.3) is 5.57 Å². The fraction of sp³-hybridized carbons (Fsp3) is 0.214. The number of carbonyl (C=O) groups is 2. The molecule has 0 saturated heterocycles. The van der Waals surface area contributed by atoms with Crippen molar-refractivity contribution in [3.8, 4) is 11.5 Å². The molecule has 1 N–H and O–H groups in total.